The minimum absolute atomic E-state index is 0.392. The summed E-state index contributed by atoms with van der Waals surface area (Å²) in [6.45, 7) is 7.68. The predicted molar refractivity (Wildman–Crippen MR) is 55.5 cm³/mol. The Morgan fingerprint density at radius 1 is 1.00 bits per heavy atom. The molecule has 0 N–H and O–H groups in total. The van der Waals surface area contributed by atoms with Crippen LogP contribution in [-0.4, -0.2) is 38.6 Å². The summed E-state index contributed by atoms with van der Waals surface area (Å²) in [5.74, 6) is 0. The Balaban J connectivity index is 0.000000171. The molecule has 2 aliphatic heterocycles. The van der Waals surface area contributed by atoms with E-state index < -0.39 is 0 Å². The fourth-order valence-electron chi connectivity index (χ4n) is 1.01. The molecule has 2 rings (SSSR count). The molecule has 3 nitrogen and oxygen atoms in total. The van der Waals surface area contributed by atoms with Crippen LogP contribution in [0.15, 0.2) is 0 Å². The smallest absolute Gasteiger partial charge is 0.104 e. The maximum absolute atomic E-state index is 5.23. The Labute approximate surface area is 86.7 Å². The van der Waals surface area contributed by atoms with Gasteiger partial charge in [-0.25, -0.2) is 0 Å². The van der Waals surface area contributed by atoms with Crippen LogP contribution in [0.2, 0.25) is 0 Å². The number of unbranched alkanes of at least 4 members (excludes halogenated alkanes) is 2. The summed E-state index contributed by atoms with van der Waals surface area (Å²) in [5, 5.41) is 0. The zero-order valence-electron chi connectivity index (χ0n) is 9.33. The van der Waals surface area contributed by atoms with E-state index in [4.69, 9.17) is 14.2 Å². The zero-order chi connectivity index (χ0) is 10.2. The summed E-state index contributed by atoms with van der Waals surface area (Å²) >= 11 is 0. The molecule has 2 unspecified atom stereocenters. The summed E-state index contributed by atoms with van der Waals surface area (Å²) in [5.41, 5.74) is 0. The lowest BCUT2D eigenvalue weighted by molar-refractivity contribution is 0.102. The molecule has 2 heterocycles. The molecule has 2 saturated heterocycles. The van der Waals surface area contributed by atoms with Crippen molar-refractivity contribution in [2.24, 2.45) is 0 Å². The Morgan fingerprint density at radius 3 is 1.64 bits per heavy atom. The highest BCUT2D eigenvalue weighted by Crippen LogP contribution is 2.12. The largest absolute Gasteiger partial charge is 0.376 e. The maximum Gasteiger partial charge on any atom is 0.104 e. The number of rotatable bonds is 6. The molecule has 14 heavy (non-hydrogen) atoms. The van der Waals surface area contributed by atoms with Crippen molar-refractivity contribution in [3.63, 3.8) is 0 Å². The van der Waals surface area contributed by atoms with E-state index in [0.717, 1.165) is 26.4 Å². The molecule has 0 saturated carbocycles. The Hall–Kier alpha value is -0.120. The number of hydrogen-bond donors (Lipinski definition) is 0. The predicted octanol–water partition coefficient (Wildman–Crippen LogP) is 2.00. The van der Waals surface area contributed by atoms with Crippen molar-refractivity contribution in [1.82, 2.24) is 0 Å². The van der Waals surface area contributed by atoms with Gasteiger partial charge in [0.2, 0.25) is 0 Å². The lowest BCUT2D eigenvalue weighted by Gasteiger charge is -1.95. The maximum atomic E-state index is 5.23. The SMILES string of the molecule is C(OCC1CO1)C1CO1.CCCCC. The number of hydrogen-bond acceptors (Lipinski definition) is 3. The highest BCUT2D eigenvalue weighted by Gasteiger charge is 2.26. The molecule has 0 aromatic heterocycles. The molecular formula is C11H22O3. The normalized spacial score (nSPS) is 27.9. The van der Waals surface area contributed by atoms with Crippen LogP contribution in [0.5, 0.6) is 0 Å². The Kier molecular flexibility index (Phi) is 6.15. The molecule has 0 aromatic carbocycles. The topological polar surface area (TPSA) is 34.3 Å². The first-order chi connectivity index (χ1) is 6.86. The van der Waals surface area contributed by atoms with Crippen LogP contribution in [-0.2, 0) is 14.2 Å². The minimum Gasteiger partial charge on any atom is -0.376 e. The summed E-state index contributed by atoms with van der Waals surface area (Å²) in [4.78, 5) is 0. The molecule has 84 valence electrons. The van der Waals surface area contributed by atoms with Gasteiger partial charge in [0.15, 0.2) is 0 Å². The van der Waals surface area contributed by atoms with Crippen LogP contribution in [0.3, 0.4) is 0 Å². The highest BCUT2D eigenvalue weighted by molar-refractivity contribution is 4.71. The molecule has 0 spiro atoms. The minimum atomic E-state index is 0.392. The number of epoxide rings is 2. The molecule has 2 atom stereocenters. The van der Waals surface area contributed by atoms with Crippen LogP contribution in [0.1, 0.15) is 33.1 Å². The van der Waals surface area contributed by atoms with Crippen molar-refractivity contribution < 1.29 is 14.2 Å². The summed E-state index contributed by atoms with van der Waals surface area (Å²) in [7, 11) is 0. The van der Waals surface area contributed by atoms with Gasteiger partial charge in [0.25, 0.3) is 0 Å². The quantitative estimate of drug-likeness (QED) is 0.618. The van der Waals surface area contributed by atoms with E-state index in [1.54, 1.807) is 0 Å². The lowest BCUT2D eigenvalue weighted by Crippen LogP contribution is -2.06. The van der Waals surface area contributed by atoms with Gasteiger partial charge in [0.1, 0.15) is 12.2 Å². The average molecular weight is 202 g/mol. The number of ether oxygens (including phenoxy) is 3. The van der Waals surface area contributed by atoms with Gasteiger partial charge in [-0.05, 0) is 0 Å². The fourth-order valence-corrected chi connectivity index (χ4v) is 1.01. The third kappa shape index (κ3) is 7.30. The van der Waals surface area contributed by atoms with E-state index in [1.807, 2.05) is 0 Å². The molecule has 2 fully saturated rings. The molecule has 3 heteroatoms. The van der Waals surface area contributed by atoms with E-state index in [1.165, 1.54) is 19.3 Å². The summed E-state index contributed by atoms with van der Waals surface area (Å²) < 4.78 is 15.1. The van der Waals surface area contributed by atoms with Gasteiger partial charge in [-0.15, -0.1) is 0 Å². The van der Waals surface area contributed by atoms with Gasteiger partial charge in [-0.1, -0.05) is 33.1 Å². The van der Waals surface area contributed by atoms with E-state index in [-0.39, 0.29) is 0 Å². The monoisotopic (exact) mass is 202 g/mol. The van der Waals surface area contributed by atoms with Crippen LogP contribution >= 0.6 is 0 Å². The first-order valence-corrected chi connectivity index (χ1v) is 5.67. The summed E-state index contributed by atoms with van der Waals surface area (Å²) in [6, 6.07) is 0. The van der Waals surface area contributed by atoms with Crippen molar-refractivity contribution in [2.45, 2.75) is 45.3 Å². The van der Waals surface area contributed by atoms with Gasteiger partial charge in [-0.3, -0.25) is 0 Å². The van der Waals surface area contributed by atoms with Crippen molar-refractivity contribution in [1.29, 1.82) is 0 Å². The Morgan fingerprint density at radius 2 is 1.43 bits per heavy atom. The highest BCUT2D eigenvalue weighted by atomic mass is 16.6. The molecule has 0 radical (unpaired) electrons. The van der Waals surface area contributed by atoms with Gasteiger partial charge >= 0.3 is 0 Å². The van der Waals surface area contributed by atoms with Crippen LogP contribution in [0, 0.1) is 0 Å². The molecule has 0 bridgehead atoms. The Bertz CT molecular complexity index is 116. The first kappa shape index (κ1) is 12.0. The van der Waals surface area contributed by atoms with Crippen molar-refractivity contribution in [2.75, 3.05) is 26.4 Å². The van der Waals surface area contributed by atoms with Gasteiger partial charge in [-0.2, -0.15) is 0 Å². The fraction of sp³-hybridized carbons (Fsp3) is 1.00. The third-order valence-electron chi connectivity index (χ3n) is 2.12. The van der Waals surface area contributed by atoms with Crippen LogP contribution in [0.4, 0.5) is 0 Å². The second kappa shape index (κ2) is 7.21. The molecule has 2 aliphatic rings. The first-order valence-electron chi connectivity index (χ1n) is 5.67. The molecule has 0 aliphatic carbocycles. The zero-order valence-corrected chi connectivity index (χ0v) is 9.33. The van der Waals surface area contributed by atoms with Crippen LogP contribution in [0.25, 0.3) is 0 Å². The van der Waals surface area contributed by atoms with E-state index in [9.17, 15) is 0 Å². The van der Waals surface area contributed by atoms with Crippen LogP contribution < -0.4 is 0 Å². The second-order valence-electron chi connectivity index (χ2n) is 3.80. The van der Waals surface area contributed by atoms with E-state index in [0.29, 0.717) is 12.2 Å². The summed E-state index contributed by atoms with van der Waals surface area (Å²) in [6.07, 6.45) is 4.86. The molecule has 0 amide bonds. The van der Waals surface area contributed by atoms with Gasteiger partial charge in [0.05, 0.1) is 26.4 Å². The van der Waals surface area contributed by atoms with Crippen molar-refractivity contribution >= 4 is 0 Å². The second-order valence-corrected chi connectivity index (χ2v) is 3.80. The third-order valence-corrected chi connectivity index (χ3v) is 2.12. The van der Waals surface area contributed by atoms with E-state index in [2.05, 4.69) is 13.8 Å². The van der Waals surface area contributed by atoms with Gasteiger partial charge < -0.3 is 14.2 Å². The lowest BCUT2D eigenvalue weighted by atomic mass is 10.3. The van der Waals surface area contributed by atoms with Crippen molar-refractivity contribution in [3.8, 4) is 0 Å². The average Bonchev–Trinajstić information content (AvgIpc) is 3.01. The molecular weight excluding hydrogens is 180 g/mol. The molecule has 0 aromatic rings. The standard InChI is InChI=1S/C6H10O3.C5H12/c1(5-3-8-5)7-2-6-4-9-6;1-3-5-4-2/h5-6H,1-4H2;3-5H2,1-2H3. The van der Waals surface area contributed by atoms with E-state index >= 15 is 0 Å². The van der Waals surface area contributed by atoms with Gasteiger partial charge in [0, 0.05) is 0 Å². The van der Waals surface area contributed by atoms with Crippen molar-refractivity contribution in [3.05, 3.63) is 0 Å².